The summed E-state index contributed by atoms with van der Waals surface area (Å²) < 4.78 is 7.18. The minimum absolute atomic E-state index is 0.380. The Morgan fingerprint density at radius 3 is 2.79 bits per heavy atom. The van der Waals surface area contributed by atoms with Gasteiger partial charge < -0.3 is 10.5 Å². The van der Waals surface area contributed by atoms with Crippen molar-refractivity contribution >= 4 is 0 Å². The molecule has 0 fully saturated rings. The van der Waals surface area contributed by atoms with E-state index >= 15 is 0 Å². The fourth-order valence-electron chi connectivity index (χ4n) is 2.05. The smallest absolute Gasteiger partial charge is 0.119 e. The summed E-state index contributed by atoms with van der Waals surface area (Å²) >= 11 is 0. The molecule has 1 heterocycles. The van der Waals surface area contributed by atoms with Crippen molar-refractivity contribution in [1.82, 2.24) is 15.0 Å². The van der Waals surface area contributed by atoms with Gasteiger partial charge in [-0.05, 0) is 18.1 Å². The SMILES string of the molecule is COc1cccc(-c2c(CN)nnn2CC(C)C)c1. The van der Waals surface area contributed by atoms with Gasteiger partial charge in [0.05, 0.1) is 12.8 Å². The molecule has 2 rings (SSSR count). The van der Waals surface area contributed by atoms with E-state index in [1.54, 1.807) is 7.11 Å². The maximum absolute atomic E-state index is 5.76. The summed E-state index contributed by atoms with van der Waals surface area (Å²) in [6, 6.07) is 7.88. The van der Waals surface area contributed by atoms with Gasteiger partial charge in [0.1, 0.15) is 11.4 Å². The second-order valence-corrected chi connectivity index (χ2v) is 4.90. The molecular formula is C14H20N4O. The molecule has 0 unspecified atom stereocenters. The van der Waals surface area contributed by atoms with Gasteiger partial charge in [0.25, 0.3) is 0 Å². The number of benzene rings is 1. The van der Waals surface area contributed by atoms with Crippen molar-refractivity contribution in [3.05, 3.63) is 30.0 Å². The van der Waals surface area contributed by atoms with Crippen LogP contribution in [0.5, 0.6) is 5.75 Å². The van der Waals surface area contributed by atoms with Gasteiger partial charge in [0, 0.05) is 18.7 Å². The molecule has 1 aromatic heterocycles. The van der Waals surface area contributed by atoms with Crippen molar-refractivity contribution in [2.45, 2.75) is 26.9 Å². The second-order valence-electron chi connectivity index (χ2n) is 4.90. The van der Waals surface area contributed by atoms with Gasteiger partial charge >= 0.3 is 0 Å². The molecule has 0 amide bonds. The van der Waals surface area contributed by atoms with E-state index < -0.39 is 0 Å². The summed E-state index contributed by atoms with van der Waals surface area (Å²) in [4.78, 5) is 0. The predicted molar refractivity (Wildman–Crippen MR) is 74.7 cm³/mol. The lowest BCUT2D eigenvalue weighted by Crippen LogP contribution is -2.09. The van der Waals surface area contributed by atoms with Crippen molar-refractivity contribution in [2.24, 2.45) is 11.7 Å². The summed E-state index contributed by atoms with van der Waals surface area (Å²) in [7, 11) is 1.66. The molecule has 0 aliphatic carbocycles. The van der Waals surface area contributed by atoms with Gasteiger partial charge in [-0.1, -0.05) is 31.2 Å². The molecule has 102 valence electrons. The maximum atomic E-state index is 5.76. The first-order valence-electron chi connectivity index (χ1n) is 6.42. The third-order valence-corrected chi connectivity index (χ3v) is 2.88. The highest BCUT2D eigenvalue weighted by Crippen LogP contribution is 2.26. The molecule has 0 aliphatic heterocycles. The number of methoxy groups -OCH3 is 1. The summed E-state index contributed by atoms with van der Waals surface area (Å²) in [6.07, 6.45) is 0. The predicted octanol–water partition coefficient (Wildman–Crippen LogP) is 2.07. The van der Waals surface area contributed by atoms with Gasteiger partial charge in [-0.25, -0.2) is 4.68 Å². The Bertz CT molecular complexity index is 548. The highest BCUT2D eigenvalue weighted by molar-refractivity contribution is 5.63. The van der Waals surface area contributed by atoms with Crippen LogP contribution in [0.4, 0.5) is 0 Å². The largest absolute Gasteiger partial charge is 0.497 e. The molecule has 0 saturated heterocycles. The van der Waals surface area contributed by atoms with E-state index in [0.717, 1.165) is 29.2 Å². The number of aromatic nitrogens is 3. The Balaban J connectivity index is 2.48. The van der Waals surface area contributed by atoms with Gasteiger partial charge in [-0.2, -0.15) is 0 Å². The van der Waals surface area contributed by atoms with Crippen LogP contribution in [0.15, 0.2) is 24.3 Å². The van der Waals surface area contributed by atoms with Gasteiger partial charge in [0.15, 0.2) is 0 Å². The molecule has 5 heteroatoms. The second kappa shape index (κ2) is 5.84. The summed E-state index contributed by atoms with van der Waals surface area (Å²) in [5.41, 5.74) is 8.58. The third kappa shape index (κ3) is 2.93. The number of hydrogen-bond acceptors (Lipinski definition) is 4. The average Bonchev–Trinajstić information content (AvgIpc) is 2.80. The maximum Gasteiger partial charge on any atom is 0.119 e. The Kier molecular flexibility index (Phi) is 4.16. The summed E-state index contributed by atoms with van der Waals surface area (Å²) in [5, 5.41) is 8.37. The lowest BCUT2D eigenvalue weighted by atomic mass is 10.1. The van der Waals surface area contributed by atoms with E-state index in [-0.39, 0.29) is 0 Å². The number of hydrogen-bond donors (Lipinski definition) is 1. The number of rotatable bonds is 5. The fourth-order valence-corrected chi connectivity index (χ4v) is 2.05. The van der Waals surface area contributed by atoms with Crippen LogP contribution in [-0.4, -0.2) is 22.1 Å². The van der Waals surface area contributed by atoms with E-state index in [1.807, 2.05) is 28.9 Å². The zero-order valence-electron chi connectivity index (χ0n) is 11.6. The number of ether oxygens (including phenoxy) is 1. The third-order valence-electron chi connectivity index (χ3n) is 2.88. The average molecular weight is 260 g/mol. The van der Waals surface area contributed by atoms with E-state index in [0.29, 0.717) is 12.5 Å². The van der Waals surface area contributed by atoms with Crippen molar-refractivity contribution in [1.29, 1.82) is 0 Å². The Morgan fingerprint density at radius 2 is 2.16 bits per heavy atom. The molecule has 1 aromatic carbocycles. The van der Waals surface area contributed by atoms with E-state index in [2.05, 4.69) is 24.2 Å². The molecule has 5 nitrogen and oxygen atoms in total. The molecule has 0 radical (unpaired) electrons. The van der Waals surface area contributed by atoms with Crippen molar-refractivity contribution in [3.8, 4) is 17.0 Å². The molecule has 0 atom stereocenters. The lowest BCUT2D eigenvalue weighted by molar-refractivity contribution is 0.415. The standard InChI is InChI=1S/C14H20N4O/c1-10(2)9-18-14(13(8-15)16-17-18)11-5-4-6-12(7-11)19-3/h4-7,10H,8-9,15H2,1-3H3. The zero-order chi connectivity index (χ0) is 13.8. The molecule has 0 bridgehead atoms. The van der Waals surface area contributed by atoms with Crippen molar-refractivity contribution in [2.75, 3.05) is 7.11 Å². The normalized spacial score (nSPS) is 11.0. The number of nitrogens with zero attached hydrogens (tertiary/aromatic N) is 3. The van der Waals surface area contributed by atoms with Crippen molar-refractivity contribution < 1.29 is 4.74 Å². The molecule has 19 heavy (non-hydrogen) atoms. The highest BCUT2D eigenvalue weighted by atomic mass is 16.5. The minimum atomic E-state index is 0.380. The van der Waals surface area contributed by atoms with Crippen LogP contribution in [0.1, 0.15) is 19.5 Å². The fraction of sp³-hybridized carbons (Fsp3) is 0.429. The first-order chi connectivity index (χ1) is 9.15. The molecule has 0 aliphatic rings. The molecule has 2 N–H and O–H groups in total. The van der Waals surface area contributed by atoms with Gasteiger partial charge in [0.2, 0.25) is 0 Å². The first-order valence-corrected chi connectivity index (χ1v) is 6.42. The Hall–Kier alpha value is -1.88. The summed E-state index contributed by atoms with van der Waals surface area (Å²) in [5.74, 6) is 1.31. The van der Waals surface area contributed by atoms with Crippen LogP contribution >= 0.6 is 0 Å². The van der Waals surface area contributed by atoms with Crippen LogP contribution in [0.3, 0.4) is 0 Å². The zero-order valence-corrected chi connectivity index (χ0v) is 11.6. The highest BCUT2D eigenvalue weighted by Gasteiger charge is 2.15. The molecule has 2 aromatic rings. The lowest BCUT2D eigenvalue weighted by Gasteiger charge is -2.11. The van der Waals surface area contributed by atoms with Crippen LogP contribution in [0, 0.1) is 5.92 Å². The van der Waals surface area contributed by atoms with Crippen molar-refractivity contribution in [3.63, 3.8) is 0 Å². The van der Waals surface area contributed by atoms with Crippen LogP contribution in [-0.2, 0) is 13.1 Å². The molecular weight excluding hydrogens is 240 g/mol. The first kappa shape index (κ1) is 13.5. The topological polar surface area (TPSA) is 66.0 Å². The molecule has 0 spiro atoms. The van der Waals surface area contributed by atoms with Gasteiger partial charge in [-0.3, -0.25) is 0 Å². The van der Waals surface area contributed by atoms with E-state index in [9.17, 15) is 0 Å². The minimum Gasteiger partial charge on any atom is -0.497 e. The van der Waals surface area contributed by atoms with Gasteiger partial charge in [-0.15, -0.1) is 5.10 Å². The van der Waals surface area contributed by atoms with E-state index in [1.165, 1.54) is 0 Å². The number of nitrogens with two attached hydrogens (primary N) is 1. The monoisotopic (exact) mass is 260 g/mol. The quantitative estimate of drug-likeness (QED) is 0.893. The van der Waals surface area contributed by atoms with Crippen LogP contribution in [0.25, 0.3) is 11.3 Å². The van der Waals surface area contributed by atoms with E-state index in [4.69, 9.17) is 10.5 Å². The van der Waals surface area contributed by atoms with Crippen LogP contribution < -0.4 is 10.5 Å². The van der Waals surface area contributed by atoms with Crippen LogP contribution in [0.2, 0.25) is 0 Å². The Labute approximate surface area is 113 Å². The summed E-state index contributed by atoms with van der Waals surface area (Å²) in [6.45, 7) is 5.50. The molecule has 0 saturated carbocycles. The Morgan fingerprint density at radius 1 is 1.37 bits per heavy atom.